The monoisotopic (exact) mass is 348 g/mol. The molecule has 0 saturated heterocycles. The van der Waals surface area contributed by atoms with E-state index in [0.29, 0.717) is 0 Å². The molecule has 0 aliphatic heterocycles. The molecular weight excluding hydrogens is 316 g/mol. The summed E-state index contributed by atoms with van der Waals surface area (Å²) in [6, 6.07) is 6.72. The molecule has 0 aromatic heterocycles. The van der Waals surface area contributed by atoms with Crippen molar-refractivity contribution in [2.75, 3.05) is 12.4 Å². The standard InChI is InChI=1S/C20H32N2O3/c1-7-15(8-2)18(22-17(13(3)4)20(24)25-6)19(23)21-16-11-9-14(5)10-12-16/h9-13,15,17-18,22H,7-8H2,1-6H3,(H,21,23)/t17-,18+/m0/s1. The van der Waals surface area contributed by atoms with E-state index in [0.717, 1.165) is 24.1 Å². The molecule has 1 amide bonds. The van der Waals surface area contributed by atoms with Crippen LogP contribution in [0.25, 0.3) is 0 Å². The number of methoxy groups -OCH3 is 1. The normalized spacial score (nSPS) is 13.6. The molecule has 0 radical (unpaired) electrons. The fourth-order valence-electron chi connectivity index (χ4n) is 2.90. The Morgan fingerprint density at radius 2 is 1.60 bits per heavy atom. The minimum absolute atomic E-state index is 0.0245. The molecule has 0 aliphatic carbocycles. The Hall–Kier alpha value is -1.88. The van der Waals surface area contributed by atoms with Crippen LogP contribution in [0.15, 0.2) is 24.3 Å². The average Bonchev–Trinajstić information content (AvgIpc) is 2.59. The van der Waals surface area contributed by atoms with Gasteiger partial charge in [0.25, 0.3) is 0 Å². The molecule has 0 spiro atoms. The number of benzene rings is 1. The molecule has 1 aromatic rings. The number of amides is 1. The fraction of sp³-hybridized carbons (Fsp3) is 0.600. The molecule has 140 valence electrons. The lowest BCUT2D eigenvalue weighted by Gasteiger charge is -2.30. The number of ether oxygens (including phenoxy) is 1. The van der Waals surface area contributed by atoms with Crippen LogP contribution in [-0.4, -0.2) is 31.1 Å². The van der Waals surface area contributed by atoms with Crippen LogP contribution in [0, 0.1) is 18.8 Å². The van der Waals surface area contributed by atoms with Gasteiger partial charge in [0.1, 0.15) is 6.04 Å². The van der Waals surface area contributed by atoms with E-state index in [2.05, 4.69) is 24.5 Å². The van der Waals surface area contributed by atoms with Crippen molar-refractivity contribution in [3.8, 4) is 0 Å². The number of anilines is 1. The first-order chi connectivity index (χ1) is 11.8. The third kappa shape index (κ3) is 6.16. The van der Waals surface area contributed by atoms with E-state index in [1.165, 1.54) is 7.11 Å². The topological polar surface area (TPSA) is 67.4 Å². The average molecular weight is 348 g/mol. The highest BCUT2D eigenvalue weighted by Gasteiger charge is 2.33. The SMILES string of the molecule is CCC(CC)[C@@H](N[C@H](C(=O)OC)C(C)C)C(=O)Nc1ccc(C)cc1. The minimum Gasteiger partial charge on any atom is -0.468 e. The quantitative estimate of drug-likeness (QED) is 0.670. The van der Waals surface area contributed by atoms with Crippen molar-refractivity contribution in [2.24, 2.45) is 11.8 Å². The summed E-state index contributed by atoms with van der Waals surface area (Å²) in [5, 5.41) is 6.22. The van der Waals surface area contributed by atoms with Crippen molar-refractivity contribution in [1.29, 1.82) is 0 Å². The summed E-state index contributed by atoms with van der Waals surface area (Å²) in [6.45, 7) is 10.0. The maximum absolute atomic E-state index is 12.9. The van der Waals surface area contributed by atoms with E-state index >= 15 is 0 Å². The molecule has 5 nitrogen and oxygen atoms in total. The van der Waals surface area contributed by atoms with Gasteiger partial charge in [-0.05, 0) is 30.9 Å². The largest absolute Gasteiger partial charge is 0.468 e. The Morgan fingerprint density at radius 1 is 1.04 bits per heavy atom. The maximum Gasteiger partial charge on any atom is 0.323 e. The van der Waals surface area contributed by atoms with Crippen LogP contribution in [0.5, 0.6) is 0 Å². The summed E-state index contributed by atoms with van der Waals surface area (Å²) in [5.74, 6) is -0.297. The number of rotatable bonds is 9. The van der Waals surface area contributed by atoms with Gasteiger partial charge in [0.05, 0.1) is 13.2 Å². The molecule has 0 saturated carbocycles. The van der Waals surface area contributed by atoms with Crippen molar-refractivity contribution in [3.05, 3.63) is 29.8 Å². The molecule has 1 rings (SSSR count). The number of carbonyl (C=O) groups excluding carboxylic acids is 2. The Labute approximate surface area is 151 Å². The van der Waals surface area contributed by atoms with Gasteiger partial charge in [0.2, 0.25) is 5.91 Å². The molecule has 2 N–H and O–H groups in total. The van der Waals surface area contributed by atoms with Crippen molar-refractivity contribution in [1.82, 2.24) is 5.32 Å². The zero-order valence-corrected chi connectivity index (χ0v) is 16.3. The summed E-state index contributed by atoms with van der Waals surface area (Å²) < 4.78 is 4.90. The summed E-state index contributed by atoms with van der Waals surface area (Å²) in [4.78, 5) is 25.0. The molecule has 25 heavy (non-hydrogen) atoms. The van der Waals surface area contributed by atoms with Gasteiger partial charge in [-0.3, -0.25) is 14.9 Å². The lowest BCUT2D eigenvalue weighted by atomic mass is 9.91. The van der Waals surface area contributed by atoms with Crippen LogP contribution in [-0.2, 0) is 14.3 Å². The van der Waals surface area contributed by atoms with Gasteiger partial charge in [0, 0.05) is 5.69 Å². The predicted octanol–water partition coefficient (Wildman–Crippen LogP) is 3.53. The fourth-order valence-corrected chi connectivity index (χ4v) is 2.90. The predicted molar refractivity (Wildman–Crippen MR) is 101 cm³/mol. The highest BCUT2D eigenvalue weighted by atomic mass is 16.5. The van der Waals surface area contributed by atoms with Crippen LogP contribution >= 0.6 is 0 Å². The second-order valence-corrected chi connectivity index (χ2v) is 6.82. The van der Waals surface area contributed by atoms with Crippen LogP contribution in [0.4, 0.5) is 5.69 Å². The number of nitrogens with one attached hydrogen (secondary N) is 2. The van der Waals surface area contributed by atoms with Crippen LogP contribution < -0.4 is 10.6 Å². The van der Waals surface area contributed by atoms with Crippen molar-refractivity contribution < 1.29 is 14.3 Å². The highest BCUT2D eigenvalue weighted by molar-refractivity contribution is 5.95. The molecular formula is C20H32N2O3. The third-order valence-corrected chi connectivity index (χ3v) is 4.60. The number of carbonyl (C=O) groups is 2. The summed E-state index contributed by atoms with van der Waals surface area (Å²) in [7, 11) is 1.37. The van der Waals surface area contributed by atoms with E-state index in [9.17, 15) is 9.59 Å². The van der Waals surface area contributed by atoms with Crippen LogP contribution in [0.3, 0.4) is 0 Å². The minimum atomic E-state index is -0.514. The first kappa shape index (κ1) is 21.2. The van der Waals surface area contributed by atoms with Crippen molar-refractivity contribution in [2.45, 2.75) is 59.5 Å². The van der Waals surface area contributed by atoms with Gasteiger partial charge in [-0.25, -0.2) is 0 Å². The summed E-state index contributed by atoms with van der Waals surface area (Å²) in [5.41, 5.74) is 1.89. The molecule has 0 aliphatic rings. The van der Waals surface area contributed by atoms with Crippen molar-refractivity contribution in [3.63, 3.8) is 0 Å². The molecule has 0 heterocycles. The molecule has 2 atom stereocenters. The lowest BCUT2D eigenvalue weighted by Crippen LogP contribution is -2.54. The Balaban J connectivity index is 2.99. The van der Waals surface area contributed by atoms with E-state index in [-0.39, 0.29) is 23.7 Å². The molecule has 5 heteroatoms. The van der Waals surface area contributed by atoms with Gasteiger partial charge < -0.3 is 10.1 Å². The van der Waals surface area contributed by atoms with Gasteiger partial charge in [-0.1, -0.05) is 58.2 Å². The second kappa shape index (κ2) is 10.2. The zero-order valence-electron chi connectivity index (χ0n) is 16.3. The molecule has 0 unspecified atom stereocenters. The number of esters is 1. The number of aryl methyl sites for hydroxylation is 1. The molecule has 0 fully saturated rings. The van der Waals surface area contributed by atoms with E-state index < -0.39 is 12.1 Å². The Bertz CT molecular complexity index is 551. The first-order valence-electron chi connectivity index (χ1n) is 9.05. The van der Waals surface area contributed by atoms with Crippen molar-refractivity contribution >= 4 is 17.6 Å². The van der Waals surface area contributed by atoms with E-state index in [4.69, 9.17) is 4.74 Å². The van der Waals surface area contributed by atoms with E-state index in [1.54, 1.807) is 0 Å². The summed E-state index contributed by atoms with van der Waals surface area (Å²) in [6.07, 6.45) is 1.70. The number of hydrogen-bond donors (Lipinski definition) is 2. The lowest BCUT2D eigenvalue weighted by molar-refractivity contribution is -0.144. The maximum atomic E-state index is 12.9. The van der Waals surface area contributed by atoms with Gasteiger partial charge >= 0.3 is 5.97 Å². The van der Waals surface area contributed by atoms with E-state index in [1.807, 2.05) is 45.0 Å². The first-order valence-corrected chi connectivity index (χ1v) is 9.05. The van der Waals surface area contributed by atoms with Crippen LogP contribution in [0.1, 0.15) is 46.1 Å². The summed E-state index contributed by atoms with van der Waals surface area (Å²) >= 11 is 0. The van der Waals surface area contributed by atoms with Gasteiger partial charge in [0.15, 0.2) is 0 Å². The van der Waals surface area contributed by atoms with Crippen LogP contribution in [0.2, 0.25) is 0 Å². The molecule has 1 aromatic carbocycles. The Morgan fingerprint density at radius 3 is 2.04 bits per heavy atom. The second-order valence-electron chi connectivity index (χ2n) is 6.82. The van der Waals surface area contributed by atoms with Gasteiger partial charge in [-0.2, -0.15) is 0 Å². The third-order valence-electron chi connectivity index (χ3n) is 4.60. The smallest absolute Gasteiger partial charge is 0.323 e. The number of hydrogen-bond acceptors (Lipinski definition) is 4. The molecule has 0 bridgehead atoms. The Kier molecular flexibility index (Phi) is 8.62. The van der Waals surface area contributed by atoms with Gasteiger partial charge in [-0.15, -0.1) is 0 Å². The highest BCUT2D eigenvalue weighted by Crippen LogP contribution is 2.18. The zero-order chi connectivity index (χ0) is 19.0.